The SMILES string of the molecule is CCC(SCC(=O)N(CC)C1CC1)C(=O)O. The van der Waals surface area contributed by atoms with E-state index in [1.807, 2.05) is 18.7 Å². The Balaban J connectivity index is 2.35. The molecule has 1 fully saturated rings. The molecule has 4 nitrogen and oxygen atoms in total. The number of carbonyl (C=O) groups is 2. The summed E-state index contributed by atoms with van der Waals surface area (Å²) in [6, 6.07) is 0.419. The molecule has 1 N–H and O–H groups in total. The summed E-state index contributed by atoms with van der Waals surface area (Å²) in [6.45, 7) is 4.53. The van der Waals surface area contributed by atoms with Gasteiger partial charge in [0.15, 0.2) is 0 Å². The molecule has 1 rings (SSSR count). The van der Waals surface area contributed by atoms with Crippen molar-refractivity contribution in [3.8, 4) is 0 Å². The van der Waals surface area contributed by atoms with E-state index in [0.717, 1.165) is 19.4 Å². The van der Waals surface area contributed by atoms with Crippen LogP contribution >= 0.6 is 11.8 Å². The van der Waals surface area contributed by atoms with Crippen molar-refractivity contribution in [1.82, 2.24) is 4.90 Å². The number of carboxylic acid groups (broad SMARTS) is 1. The van der Waals surface area contributed by atoms with Crippen LogP contribution in [0, 0.1) is 0 Å². The second-order valence-corrected chi connectivity index (χ2v) is 5.15. The molecule has 0 aromatic carbocycles. The zero-order valence-electron chi connectivity index (χ0n) is 9.81. The molecule has 0 aromatic rings. The predicted octanol–water partition coefficient (Wildman–Crippen LogP) is 1.59. The van der Waals surface area contributed by atoms with Gasteiger partial charge < -0.3 is 10.0 Å². The minimum absolute atomic E-state index is 0.0784. The molecule has 1 saturated carbocycles. The maximum atomic E-state index is 11.8. The maximum Gasteiger partial charge on any atom is 0.316 e. The van der Waals surface area contributed by atoms with Gasteiger partial charge in [-0.05, 0) is 26.2 Å². The Morgan fingerprint density at radius 2 is 2.06 bits per heavy atom. The van der Waals surface area contributed by atoms with E-state index in [9.17, 15) is 9.59 Å². The molecule has 0 spiro atoms. The number of aliphatic carboxylic acids is 1. The molecule has 1 aliphatic rings. The lowest BCUT2D eigenvalue weighted by molar-refractivity contribution is -0.136. The van der Waals surface area contributed by atoms with Crippen molar-refractivity contribution in [2.75, 3.05) is 12.3 Å². The van der Waals surface area contributed by atoms with Crippen LogP contribution in [0.1, 0.15) is 33.1 Å². The van der Waals surface area contributed by atoms with E-state index in [2.05, 4.69) is 0 Å². The van der Waals surface area contributed by atoms with Gasteiger partial charge in [-0.15, -0.1) is 11.8 Å². The van der Waals surface area contributed by atoms with Gasteiger partial charge in [-0.25, -0.2) is 0 Å². The molecule has 0 saturated heterocycles. The lowest BCUT2D eigenvalue weighted by Crippen LogP contribution is -2.35. The summed E-state index contributed by atoms with van der Waals surface area (Å²) in [4.78, 5) is 24.5. The molecule has 0 heterocycles. The van der Waals surface area contributed by atoms with Crippen molar-refractivity contribution in [3.63, 3.8) is 0 Å². The molecule has 1 aliphatic carbocycles. The second-order valence-electron chi connectivity index (χ2n) is 3.96. The molecule has 1 amide bonds. The van der Waals surface area contributed by atoms with E-state index < -0.39 is 11.2 Å². The van der Waals surface area contributed by atoms with Crippen LogP contribution in [0.3, 0.4) is 0 Å². The first-order valence-electron chi connectivity index (χ1n) is 5.74. The Labute approximate surface area is 100 Å². The number of amides is 1. The van der Waals surface area contributed by atoms with Gasteiger partial charge in [0, 0.05) is 12.6 Å². The summed E-state index contributed by atoms with van der Waals surface area (Å²) >= 11 is 1.24. The van der Waals surface area contributed by atoms with Gasteiger partial charge >= 0.3 is 5.97 Å². The van der Waals surface area contributed by atoms with Crippen LogP contribution in [-0.4, -0.2) is 45.5 Å². The van der Waals surface area contributed by atoms with Gasteiger partial charge in [0.1, 0.15) is 5.25 Å². The summed E-state index contributed by atoms with van der Waals surface area (Å²) < 4.78 is 0. The zero-order chi connectivity index (χ0) is 12.1. The minimum atomic E-state index is -0.824. The second kappa shape index (κ2) is 6.13. The summed E-state index contributed by atoms with van der Waals surface area (Å²) in [6.07, 6.45) is 2.75. The number of carbonyl (C=O) groups excluding carboxylic acids is 1. The topological polar surface area (TPSA) is 57.6 Å². The normalized spacial score (nSPS) is 16.9. The average Bonchev–Trinajstić information content (AvgIpc) is 3.03. The van der Waals surface area contributed by atoms with E-state index in [1.54, 1.807) is 0 Å². The number of carboxylic acids is 1. The fraction of sp³-hybridized carbons (Fsp3) is 0.818. The molecule has 1 atom stereocenters. The van der Waals surface area contributed by atoms with Gasteiger partial charge in [0.05, 0.1) is 5.75 Å². The third-order valence-electron chi connectivity index (χ3n) is 2.70. The predicted molar refractivity (Wildman–Crippen MR) is 64.6 cm³/mol. The average molecular weight is 245 g/mol. The van der Waals surface area contributed by atoms with E-state index in [1.165, 1.54) is 11.8 Å². The maximum absolute atomic E-state index is 11.8. The molecule has 0 bridgehead atoms. The summed E-state index contributed by atoms with van der Waals surface area (Å²) in [5.41, 5.74) is 0. The number of nitrogens with zero attached hydrogens (tertiary/aromatic N) is 1. The highest BCUT2D eigenvalue weighted by atomic mass is 32.2. The molecule has 0 aliphatic heterocycles. The molecular weight excluding hydrogens is 226 g/mol. The van der Waals surface area contributed by atoms with Gasteiger partial charge in [-0.2, -0.15) is 0 Å². The van der Waals surface area contributed by atoms with Crippen LogP contribution in [0.2, 0.25) is 0 Å². The van der Waals surface area contributed by atoms with Crippen LogP contribution in [0.4, 0.5) is 0 Å². The third-order valence-corrected chi connectivity index (χ3v) is 4.05. The highest BCUT2D eigenvalue weighted by Gasteiger charge is 2.31. The van der Waals surface area contributed by atoms with Gasteiger partial charge in [0.25, 0.3) is 0 Å². The van der Waals surface area contributed by atoms with E-state index >= 15 is 0 Å². The highest BCUT2D eigenvalue weighted by molar-refractivity contribution is 8.01. The van der Waals surface area contributed by atoms with Crippen LogP contribution in [0.5, 0.6) is 0 Å². The first kappa shape index (κ1) is 13.4. The molecule has 16 heavy (non-hydrogen) atoms. The van der Waals surface area contributed by atoms with Crippen molar-refractivity contribution < 1.29 is 14.7 Å². The van der Waals surface area contributed by atoms with E-state index in [0.29, 0.717) is 12.5 Å². The lowest BCUT2D eigenvalue weighted by Gasteiger charge is -2.20. The Kier molecular flexibility index (Phi) is 5.12. The van der Waals surface area contributed by atoms with Crippen LogP contribution in [-0.2, 0) is 9.59 Å². The van der Waals surface area contributed by atoms with Crippen molar-refractivity contribution in [3.05, 3.63) is 0 Å². The van der Waals surface area contributed by atoms with Crippen LogP contribution in [0.25, 0.3) is 0 Å². The first-order chi connectivity index (χ1) is 7.60. The Morgan fingerprint density at radius 1 is 1.44 bits per heavy atom. The van der Waals surface area contributed by atoms with Crippen molar-refractivity contribution in [2.45, 2.75) is 44.4 Å². The van der Waals surface area contributed by atoms with Crippen molar-refractivity contribution in [2.24, 2.45) is 0 Å². The van der Waals surface area contributed by atoms with Crippen LogP contribution in [0.15, 0.2) is 0 Å². The van der Waals surface area contributed by atoms with Gasteiger partial charge in [0.2, 0.25) is 5.91 Å². The van der Waals surface area contributed by atoms with E-state index in [-0.39, 0.29) is 11.7 Å². The molecule has 0 radical (unpaired) electrons. The Morgan fingerprint density at radius 3 is 2.44 bits per heavy atom. The van der Waals surface area contributed by atoms with Crippen LogP contribution < -0.4 is 0 Å². The minimum Gasteiger partial charge on any atom is -0.480 e. The number of hydrogen-bond donors (Lipinski definition) is 1. The molecule has 5 heteroatoms. The molecule has 1 unspecified atom stereocenters. The standard InChI is InChI=1S/C11H19NO3S/c1-3-9(11(14)15)16-7-10(13)12(4-2)8-5-6-8/h8-9H,3-7H2,1-2H3,(H,14,15). The summed E-state index contributed by atoms with van der Waals surface area (Å²) in [5.74, 6) is -0.459. The molecule has 0 aromatic heterocycles. The van der Waals surface area contributed by atoms with Gasteiger partial charge in [-0.3, -0.25) is 9.59 Å². The number of thioether (sulfide) groups is 1. The van der Waals surface area contributed by atoms with E-state index in [4.69, 9.17) is 5.11 Å². The zero-order valence-corrected chi connectivity index (χ0v) is 10.6. The molecular formula is C11H19NO3S. The highest BCUT2D eigenvalue weighted by Crippen LogP contribution is 2.27. The summed E-state index contributed by atoms with van der Waals surface area (Å²) in [7, 11) is 0. The number of hydrogen-bond acceptors (Lipinski definition) is 3. The molecule has 92 valence electrons. The van der Waals surface area contributed by atoms with Crippen molar-refractivity contribution >= 4 is 23.6 Å². The first-order valence-corrected chi connectivity index (χ1v) is 6.78. The quantitative estimate of drug-likeness (QED) is 0.740. The summed E-state index contributed by atoms with van der Waals surface area (Å²) in [5, 5.41) is 8.40. The fourth-order valence-corrected chi connectivity index (χ4v) is 2.53. The Hall–Kier alpha value is -0.710. The smallest absolute Gasteiger partial charge is 0.316 e. The third kappa shape index (κ3) is 3.70. The fourth-order valence-electron chi connectivity index (χ4n) is 1.64. The Bertz CT molecular complexity index is 266. The monoisotopic (exact) mass is 245 g/mol. The lowest BCUT2D eigenvalue weighted by atomic mass is 10.3. The van der Waals surface area contributed by atoms with Crippen molar-refractivity contribution in [1.29, 1.82) is 0 Å². The number of rotatable bonds is 7. The van der Waals surface area contributed by atoms with Gasteiger partial charge in [-0.1, -0.05) is 6.92 Å². The largest absolute Gasteiger partial charge is 0.480 e.